The molecule has 1 aromatic carbocycles. The Morgan fingerprint density at radius 2 is 1.88 bits per heavy atom. The number of thiazole rings is 1. The third-order valence-corrected chi connectivity index (χ3v) is 5.13. The van der Waals surface area contributed by atoms with E-state index in [1.54, 1.807) is 49.7 Å². The van der Waals surface area contributed by atoms with Crippen LogP contribution in [0.1, 0.15) is 55.2 Å². The standard InChI is InChI=1S/C18H20N2O3S/c1-11-19-14-5-4-6-15(16(14)24-11)23-18(22)13-9-7-12(8-10-13)17(21)20(2)3/h7-10,15H,4-6H2,1-3H3/t15-/m0/s1. The average molecular weight is 344 g/mol. The summed E-state index contributed by atoms with van der Waals surface area (Å²) in [6.45, 7) is 1.97. The molecule has 0 fully saturated rings. The summed E-state index contributed by atoms with van der Waals surface area (Å²) < 4.78 is 5.70. The monoisotopic (exact) mass is 344 g/mol. The van der Waals surface area contributed by atoms with Crippen LogP contribution in [0.2, 0.25) is 0 Å². The number of ether oxygens (including phenoxy) is 1. The molecule has 2 aromatic rings. The maximum Gasteiger partial charge on any atom is 0.338 e. The van der Waals surface area contributed by atoms with Crippen molar-refractivity contribution in [3.63, 3.8) is 0 Å². The van der Waals surface area contributed by atoms with E-state index in [1.807, 2.05) is 6.92 Å². The van der Waals surface area contributed by atoms with Gasteiger partial charge in [0.2, 0.25) is 0 Å². The van der Waals surface area contributed by atoms with Crippen molar-refractivity contribution < 1.29 is 14.3 Å². The van der Waals surface area contributed by atoms with Gasteiger partial charge in [0.05, 0.1) is 21.1 Å². The van der Waals surface area contributed by atoms with Gasteiger partial charge in [-0.05, 0) is 50.5 Å². The molecule has 24 heavy (non-hydrogen) atoms. The Bertz CT molecular complexity index is 765. The molecule has 0 spiro atoms. The van der Waals surface area contributed by atoms with Gasteiger partial charge in [0, 0.05) is 19.7 Å². The van der Waals surface area contributed by atoms with Crippen molar-refractivity contribution in [1.82, 2.24) is 9.88 Å². The van der Waals surface area contributed by atoms with E-state index in [4.69, 9.17) is 4.74 Å². The highest BCUT2D eigenvalue weighted by molar-refractivity contribution is 7.11. The number of carbonyl (C=O) groups excluding carboxylic acids is 2. The quantitative estimate of drug-likeness (QED) is 0.801. The van der Waals surface area contributed by atoms with Gasteiger partial charge >= 0.3 is 5.97 Å². The minimum Gasteiger partial charge on any atom is -0.453 e. The van der Waals surface area contributed by atoms with Gasteiger partial charge in [0.15, 0.2) is 0 Å². The van der Waals surface area contributed by atoms with Crippen LogP contribution in [0.15, 0.2) is 24.3 Å². The molecule has 126 valence electrons. The van der Waals surface area contributed by atoms with E-state index in [0.29, 0.717) is 11.1 Å². The van der Waals surface area contributed by atoms with Crippen LogP contribution in [-0.2, 0) is 11.2 Å². The Kier molecular flexibility index (Phi) is 4.66. The van der Waals surface area contributed by atoms with E-state index >= 15 is 0 Å². The molecular formula is C18H20N2O3S. The molecule has 0 saturated carbocycles. The van der Waals surface area contributed by atoms with Crippen molar-refractivity contribution in [2.45, 2.75) is 32.3 Å². The molecule has 5 nitrogen and oxygen atoms in total. The molecule has 0 radical (unpaired) electrons. The number of hydrogen-bond donors (Lipinski definition) is 0. The average Bonchev–Trinajstić information content (AvgIpc) is 2.95. The second-order valence-corrected chi connectivity index (χ2v) is 7.34. The fourth-order valence-corrected chi connectivity index (χ4v) is 3.86. The molecule has 1 aliphatic rings. The molecule has 1 aromatic heterocycles. The molecule has 0 saturated heterocycles. The first-order valence-corrected chi connectivity index (χ1v) is 8.76. The Hall–Kier alpha value is -2.21. The molecule has 0 aliphatic heterocycles. The third-order valence-electron chi connectivity index (χ3n) is 4.03. The van der Waals surface area contributed by atoms with Crippen LogP contribution in [-0.4, -0.2) is 35.9 Å². The van der Waals surface area contributed by atoms with E-state index < -0.39 is 0 Å². The minimum atomic E-state index is -0.359. The van der Waals surface area contributed by atoms with Crippen molar-refractivity contribution in [2.24, 2.45) is 0 Å². The van der Waals surface area contributed by atoms with Crippen molar-refractivity contribution in [2.75, 3.05) is 14.1 Å². The van der Waals surface area contributed by atoms with Crippen LogP contribution in [0.5, 0.6) is 0 Å². The van der Waals surface area contributed by atoms with Gasteiger partial charge in [0.25, 0.3) is 5.91 Å². The summed E-state index contributed by atoms with van der Waals surface area (Å²) in [7, 11) is 3.39. The lowest BCUT2D eigenvalue weighted by Crippen LogP contribution is -2.21. The molecule has 3 rings (SSSR count). The molecule has 0 unspecified atom stereocenters. The number of rotatable bonds is 3. The van der Waals surface area contributed by atoms with Gasteiger partial charge in [-0.15, -0.1) is 11.3 Å². The van der Waals surface area contributed by atoms with Crippen LogP contribution >= 0.6 is 11.3 Å². The maximum atomic E-state index is 12.4. The van der Waals surface area contributed by atoms with E-state index in [0.717, 1.165) is 34.8 Å². The lowest BCUT2D eigenvalue weighted by Gasteiger charge is -2.21. The smallest absolute Gasteiger partial charge is 0.338 e. The first-order valence-electron chi connectivity index (χ1n) is 7.94. The number of fused-ring (bicyclic) bond motifs is 1. The Morgan fingerprint density at radius 3 is 2.54 bits per heavy atom. The Morgan fingerprint density at radius 1 is 1.21 bits per heavy atom. The number of carbonyl (C=O) groups is 2. The summed E-state index contributed by atoms with van der Waals surface area (Å²) in [5, 5.41) is 1.01. The zero-order valence-electron chi connectivity index (χ0n) is 14.0. The first kappa shape index (κ1) is 16.6. The van der Waals surface area contributed by atoms with Gasteiger partial charge in [-0.1, -0.05) is 0 Å². The van der Waals surface area contributed by atoms with Crippen LogP contribution in [0.3, 0.4) is 0 Å². The zero-order chi connectivity index (χ0) is 17.3. The summed E-state index contributed by atoms with van der Waals surface area (Å²) in [6.07, 6.45) is 2.55. The number of aromatic nitrogens is 1. The van der Waals surface area contributed by atoms with Gasteiger partial charge < -0.3 is 9.64 Å². The highest BCUT2D eigenvalue weighted by Gasteiger charge is 2.27. The number of aryl methyl sites for hydroxylation is 2. The van der Waals surface area contributed by atoms with Crippen molar-refractivity contribution in [3.05, 3.63) is 51.0 Å². The maximum absolute atomic E-state index is 12.4. The number of nitrogens with zero attached hydrogens (tertiary/aromatic N) is 2. The zero-order valence-corrected chi connectivity index (χ0v) is 14.9. The van der Waals surface area contributed by atoms with Crippen LogP contribution < -0.4 is 0 Å². The second-order valence-electron chi connectivity index (χ2n) is 6.11. The van der Waals surface area contributed by atoms with Crippen LogP contribution in [0.4, 0.5) is 0 Å². The lowest BCUT2D eigenvalue weighted by atomic mass is 10.00. The van der Waals surface area contributed by atoms with Gasteiger partial charge in [-0.3, -0.25) is 4.79 Å². The number of hydrogen-bond acceptors (Lipinski definition) is 5. The van der Waals surface area contributed by atoms with Crippen LogP contribution in [0, 0.1) is 6.92 Å². The number of benzene rings is 1. The van der Waals surface area contributed by atoms with Crippen molar-refractivity contribution >= 4 is 23.2 Å². The molecule has 6 heteroatoms. The lowest BCUT2D eigenvalue weighted by molar-refractivity contribution is 0.0264. The normalized spacial score (nSPS) is 16.4. The highest BCUT2D eigenvalue weighted by atomic mass is 32.1. The van der Waals surface area contributed by atoms with E-state index in [-0.39, 0.29) is 18.0 Å². The largest absolute Gasteiger partial charge is 0.453 e. The second kappa shape index (κ2) is 6.73. The van der Waals surface area contributed by atoms with Crippen molar-refractivity contribution in [3.8, 4) is 0 Å². The molecule has 1 heterocycles. The van der Waals surface area contributed by atoms with E-state index in [9.17, 15) is 9.59 Å². The Labute approximate surface area is 145 Å². The molecule has 1 aliphatic carbocycles. The summed E-state index contributed by atoms with van der Waals surface area (Å²) in [5.41, 5.74) is 2.07. The Balaban J connectivity index is 1.73. The van der Waals surface area contributed by atoms with Gasteiger partial charge in [-0.25, -0.2) is 9.78 Å². The molecule has 0 N–H and O–H groups in total. The summed E-state index contributed by atoms with van der Waals surface area (Å²) in [4.78, 5) is 31.4. The molecule has 1 amide bonds. The molecule has 1 atom stereocenters. The predicted octanol–water partition coefficient (Wildman–Crippen LogP) is 3.39. The first-order chi connectivity index (χ1) is 11.5. The number of esters is 1. The highest BCUT2D eigenvalue weighted by Crippen LogP contribution is 2.36. The molecule has 0 bridgehead atoms. The van der Waals surface area contributed by atoms with Crippen molar-refractivity contribution in [1.29, 1.82) is 0 Å². The van der Waals surface area contributed by atoms with Gasteiger partial charge in [-0.2, -0.15) is 0 Å². The molecular weight excluding hydrogens is 324 g/mol. The minimum absolute atomic E-state index is 0.0908. The SMILES string of the molecule is Cc1nc2c(s1)[C@@H](OC(=O)c1ccc(C(=O)N(C)C)cc1)CCC2. The fourth-order valence-electron chi connectivity index (χ4n) is 2.82. The number of amides is 1. The van der Waals surface area contributed by atoms with E-state index in [1.165, 1.54) is 4.90 Å². The van der Waals surface area contributed by atoms with Gasteiger partial charge in [0.1, 0.15) is 6.10 Å². The summed E-state index contributed by atoms with van der Waals surface area (Å²) >= 11 is 1.61. The fraction of sp³-hybridized carbons (Fsp3) is 0.389. The summed E-state index contributed by atoms with van der Waals surface area (Å²) in [5.74, 6) is -0.449. The topological polar surface area (TPSA) is 59.5 Å². The summed E-state index contributed by atoms with van der Waals surface area (Å²) in [6, 6.07) is 6.59. The van der Waals surface area contributed by atoms with Crippen LogP contribution in [0.25, 0.3) is 0 Å². The van der Waals surface area contributed by atoms with E-state index in [2.05, 4.69) is 4.98 Å². The third kappa shape index (κ3) is 3.33. The predicted molar refractivity (Wildman–Crippen MR) is 92.4 cm³/mol.